The van der Waals surface area contributed by atoms with Crippen LogP contribution in [-0.4, -0.2) is 15.0 Å². The van der Waals surface area contributed by atoms with Crippen LogP contribution >= 0.6 is 11.3 Å². The number of nitrogens with zero attached hydrogens (tertiary/aromatic N) is 3. The van der Waals surface area contributed by atoms with Crippen molar-refractivity contribution in [2.75, 3.05) is 0 Å². The van der Waals surface area contributed by atoms with Crippen LogP contribution in [0.2, 0.25) is 0 Å². The van der Waals surface area contributed by atoms with Gasteiger partial charge >= 0.3 is 0 Å². The molecule has 0 aliphatic rings. The van der Waals surface area contributed by atoms with Gasteiger partial charge in [-0.15, -0.1) is 11.3 Å². The van der Waals surface area contributed by atoms with Gasteiger partial charge in [-0.25, -0.2) is 15.0 Å². The van der Waals surface area contributed by atoms with Crippen molar-refractivity contribution in [2.45, 2.75) is 0 Å². The molecule has 0 atom stereocenters. The zero-order chi connectivity index (χ0) is 32.3. The van der Waals surface area contributed by atoms with Gasteiger partial charge in [0, 0.05) is 36.9 Å². The van der Waals surface area contributed by atoms with Crippen LogP contribution in [0.25, 0.3) is 97.8 Å². The molecule has 10 rings (SSSR count). The number of fused-ring (bicyclic) bond motifs is 9. The fourth-order valence-electron chi connectivity index (χ4n) is 7.23. The Balaban J connectivity index is 1.22. The third-order valence-electron chi connectivity index (χ3n) is 9.52. The molecule has 8 aromatic carbocycles. The van der Waals surface area contributed by atoms with Crippen LogP contribution < -0.4 is 0 Å². The Morgan fingerprint density at radius 2 is 0.735 bits per heavy atom. The molecule has 228 valence electrons. The highest BCUT2D eigenvalue weighted by atomic mass is 32.1. The third-order valence-corrected chi connectivity index (χ3v) is 10.8. The Morgan fingerprint density at radius 1 is 0.286 bits per heavy atom. The number of hydrogen-bond donors (Lipinski definition) is 0. The van der Waals surface area contributed by atoms with Crippen molar-refractivity contribution in [3.63, 3.8) is 0 Å². The van der Waals surface area contributed by atoms with Crippen molar-refractivity contribution < 1.29 is 0 Å². The average molecular weight is 642 g/mol. The van der Waals surface area contributed by atoms with Gasteiger partial charge in [0.15, 0.2) is 17.5 Å². The van der Waals surface area contributed by atoms with Crippen LogP contribution in [0.5, 0.6) is 0 Å². The fourth-order valence-corrected chi connectivity index (χ4v) is 8.58. The molecule has 0 aliphatic carbocycles. The lowest BCUT2D eigenvalue weighted by molar-refractivity contribution is 1.08. The largest absolute Gasteiger partial charge is 0.208 e. The van der Waals surface area contributed by atoms with E-state index in [9.17, 15) is 0 Å². The number of hydrogen-bond acceptors (Lipinski definition) is 4. The average Bonchev–Trinajstić information content (AvgIpc) is 3.58. The van der Waals surface area contributed by atoms with E-state index < -0.39 is 0 Å². The molecule has 0 fully saturated rings. The smallest absolute Gasteiger partial charge is 0.165 e. The van der Waals surface area contributed by atoms with Crippen molar-refractivity contribution >= 4 is 63.8 Å². The van der Waals surface area contributed by atoms with Gasteiger partial charge in [-0.2, -0.15) is 0 Å². The molecule has 2 heterocycles. The molecule has 0 N–H and O–H groups in total. The summed E-state index contributed by atoms with van der Waals surface area (Å²) in [6.45, 7) is 0. The monoisotopic (exact) mass is 641 g/mol. The Morgan fingerprint density at radius 3 is 1.37 bits per heavy atom. The lowest BCUT2D eigenvalue weighted by atomic mass is 9.93. The highest BCUT2D eigenvalue weighted by Gasteiger charge is 2.19. The summed E-state index contributed by atoms with van der Waals surface area (Å²) in [7, 11) is 0. The Kier molecular flexibility index (Phi) is 6.36. The summed E-state index contributed by atoms with van der Waals surface area (Å²) in [5.74, 6) is 1.99. The molecular formula is C45H27N3S. The van der Waals surface area contributed by atoms with Crippen LogP contribution in [-0.2, 0) is 0 Å². The molecule has 0 radical (unpaired) electrons. The molecule has 49 heavy (non-hydrogen) atoms. The molecule has 0 unspecified atom stereocenters. The van der Waals surface area contributed by atoms with E-state index in [1.54, 1.807) is 0 Å². The topological polar surface area (TPSA) is 38.7 Å². The van der Waals surface area contributed by atoms with E-state index in [0.717, 1.165) is 16.7 Å². The summed E-state index contributed by atoms with van der Waals surface area (Å²) in [4.78, 5) is 15.5. The van der Waals surface area contributed by atoms with Gasteiger partial charge in [-0.3, -0.25) is 0 Å². The van der Waals surface area contributed by atoms with Crippen molar-refractivity contribution in [3.05, 3.63) is 164 Å². The van der Waals surface area contributed by atoms with Gasteiger partial charge < -0.3 is 0 Å². The summed E-state index contributed by atoms with van der Waals surface area (Å²) in [6.07, 6.45) is 0. The number of thiophene rings is 1. The van der Waals surface area contributed by atoms with E-state index in [2.05, 4.69) is 146 Å². The maximum atomic E-state index is 5.23. The minimum Gasteiger partial charge on any atom is -0.208 e. The molecule has 0 amide bonds. The number of rotatable bonds is 4. The predicted octanol–water partition coefficient (Wildman–Crippen LogP) is 12.4. The summed E-state index contributed by atoms with van der Waals surface area (Å²) >= 11 is 1.81. The summed E-state index contributed by atoms with van der Waals surface area (Å²) in [5.41, 5.74) is 5.38. The molecule has 4 heteroatoms. The molecule has 0 aliphatic heterocycles. The lowest BCUT2D eigenvalue weighted by Crippen LogP contribution is -2.00. The molecule has 0 spiro atoms. The van der Waals surface area contributed by atoms with E-state index in [1.165, 1.54) is 63.6 Å². The van der Waals surface area contributed by atoms with Crippen molar-refractivity contribution in [1.29, 1.82) is 0 Å². The van der Waals surface area contributed by atoms with E-state index in [4.69, 9.17) is 15.0 Å². The maximum Gasteiger partial charge on any atom is 0.165 e. The van der Waals surface area contributed by atoms with Crippen LogP contribution in [0.3, 0.4) is 0 Å². The van der Waals surface area contributed by atoms with Crippen LogP contribution in [0.4, 0.5) is 0 Å². The second-order valence-electron chi connectivity index (χ2n) is 12.4. The molecule has 0 bridgehead atoms. The number of aromatic nitrogens is 3. The van der Waals surface area contributed by atoms with Crippen LogP contribution in [0.1, 0.15) is 0 Å². The standard InChI is InChI=1S/C45H27N3S/c1-3-13-28(14-4-1)31-21-11-22-37-38-23-12-24-39(42(38)49-41(31)37)45-47-43(29-15-5-2-6-16-29)46-44(48-45)30-25-26-36-34-19-8-7-17-32(34)33-18-9-10-20-35(33)40(36)27-30/h1-27H. The molecule has 0 saturated heterocycles. The first-order valence-electron chi connectivity index (χ1n) is 16.5. The van der Waals surface area contributed by atoms with Crippen molar-refractivity contribution in [2.24, 2.45) is 0 Å². The highest BCUT2D eigenvalue weighted by molar-refractivity contribution is 7.26. The Hall–Kier alpha value is -6.23. The van der Waals surface area contributed by atoms with Gasteiger partial charge in [0.2, 0.25) is 0 Å². The molecule has 3 nitrogen and oxygen atoms in total. The number of benzene rings is 8. The first-order chi connectivity index (χ1) is 24.3. The minimum absolute atomic E-state index is 0.658. The van der Waals surface area contributed by atoms with Crippen molar-refractivity contribution in [3.8, 4) is 45.3 Å². The molecule has 0 saturated carbocycles. The van der Waals surface area contributed by atoms with Gasteiger partial charge in [0.1, 0.15) is 0 Å². The van der Waals surface area contributed by atoms with Gasteiger partial charge in [0.25, 0.3) is 0 Å². The van der Waals surface area contributed by atoms with E-state index in [1.807, 2.05) is 29.5 Å². The normalized spacial score (nSPS) is 11.7. The first kappa shape index (κ1) is 27.8. The van der Waals surface area contributed by atoms with E-state index in [0.29, 0.717) is 17.5 Å². The van der Waals surface area contributed by atoms with Crippen LogP contribution in [0.15, 0.2) is 164 Å². The third kappa shape index (κ3) is 4.53. The summed E-state index contributed by atoms with van der Waals surface area (Å²) in [5, 5.41) is 9.84. The van der Waals surface area contributed by atoms with Crippen LogP contribution in [0, 0.1) is 0 Å². The summed E-state index contributed by atoms with van der Waals surface area (Å²) in [6, 6.07) is 57.9. The van der Waals surface area contributed by atoms with E-state index >= 15 is 0 Å². The maximum absolute atomic E-state index is 5.23. The molecule has 2 aromatic heterocycles. The van der Waals surface area contributed by atoms with Gasteiger partial charge in [0.05, 0.1) is 0 Å². The minimum atomic E-state index is 0.658. The zero-order valence-electron chi connectivity index (χ0n) is 26.3. The SMILES string of the molecule is c1ccc(-c2nc(-c3ccc4c5ccccc5c5ccccc5c4c3)nc(-c3cccc4c3sc3c(-c5ccccc5)cccc34)n2)cc1. The second kappa shape index (κ2) is 11.2. The van der Waals surface area contributed by atoms with Crippen molar-refractivity contribution in [1.82, 2.24) is 15.0 Å². The van der Waals surface area contributed by atoms with E-state index in [-0.39, 0.29) is 0 Å². The highest BCUT2D eigenvalue weighted by Crippen LogP contribution is 2.44. The quantitative estimate of drug-likeness (QED) is 0.180. The zero-order valence-corrected chi connectivity index (χ0v) is 27.2. The lowest BCUT2D eigenvalue weighted by Gasteiger charge is -2.12. The Labute approximate surface area is 286 Å². The summed E-state index contributed by atoms with van der Waals surface area (Å²) < 4.78 is 2.44. The van der Waals surface area contributed by atoms with Gasteiger partial charge in [-0.1, -0.05) is 152 Å². The molecular weight excluding hydrogens is 615 g/mol. The predicted molar refractivity (Wildman–Crippen MR) is 207 cm³/mol. The van der Waals surface area contributed by atoms with Gasteiger partial charge in [-0.05, 0) is 55.6 Å². The fraction of sp³-hybridized carbons (Fsp3) is 0. The second-order valence-corrected chi connectivity index (χ2v) is 13.4. The molecule has 10 aromatic rings. The first-order valence-corrected chi connectivity index (χ1v) is 17.3. The Bertz CT molecular complexity index is 2840.